The lowest BCUT2D eigenvalue weighted by molar-refractivity contribution is 0.632. The average Bonchev–Trinajstić information content (AvgIpc) is 1.99. The lowest BCUT2D eigenvalue weighted by Crippen LogP contribution is -2.47. The van der Waals surface area contributed by atoms with Gasteiger partial charge in [-0.3, -0.25) is 9.78 Å². The second kappa shape index (κ2) is 4.10. The van der Waals surface area contributed by atoms with Crippen LogP contribution in [0.4, 0.5) is 0 Å². The summed E-state index contributed by atoms with van der Waals surface area (Å²) >= 11 is 5.82. The summed E-state index contributed by atoms with van der Waals surface area (Å²) in [5.74, 6) is -0.0342. The molecule has 0 aromatic carbocycles. The van der Waals surface area contributed by atoms with Crippen molar-refractivity contribution in [1.82, 2.24) is 9.66 Å². The maximum absolute atomic E-state index is 11.9. The molecule has 0 saturated heterocycles. The number of hydrogen-bond acceptors (Lipinski definition) is 3. The molecule has 0 spiro atoms. The quantitative estimate of drug-likeness (QED) is 0.755. The van der Waals surface area contributed by atoms with Crippen molar-refractivity contribution >= 4 is 11.6 Å². The third-order valence-corrected chi connectivity index (χ3v) is 2.34. The summed E-state index contributed by atoms with van der Waals surface area (Å²) in [4.78, 5) is 25.8. The predicted molar refractivity (Wildman–Crippen MR) is 60.5 cm³/mol. The van der Waals surface area contributed by atoms with E-state index < -0.39 is 5.69 Å². The molecule has 0 bridgehead atoms. The number of nitrogens with one attached hydrogen (secondary N) is 1. The molecule has 15 heavy (non-hydrogen) atoms. The monoisotopic (exact) mass is 231 g/mol. The van der Waals surface area contributed by atoms with Crippen LogP contribution in [0.1, 0.15) is 25.3 Å². The minimum atomic E-state index is -0.528. The Kier molecular flexibility index (Phi) is 3.24. The van der Waals surface area contributed by atoms with Gasteiger partial charge in [0, 0.05) is 14.1 Å². The van der Waals surface area contributed by atoms with Gasteiger partial charge < -0.3 is 5.01 Å². The number of H-pyrrole nitrogens is 1. The van der Waals surface area contributed by atoms with Gasteiger partial charge in [0.25, 0.3) is 5.56 Å². The second-order valence-corrected chi connectivity index (χ2v) is 4.15. The third-order valence-electron chi connectivity index (χ3n) is 2.05. The Morgan fingerprint density at radius 1 is 1.33 bits per heavy atom. The van der Waals surface area contributed by atoms with Gasteiger partial charge in [-0.2, -0.15) is 4.68 Å². The molecule has 1 aromatic heterocycles. The van der Waals surface area contributed by atoms with Gasteiger partial charge in [0.1, 0.15) is 5.15 Å². The van der Waals surface area contributed by atoms with E-state index in [4.69, 9.17) is 11.6 Å². The van der Waals surface area contributed by atoms with Gasteiger partial charge in [-0.15, -0.1) is 0 Å². The van der Waals surface area contributed by atoms with E-state index >= 15 is 0 Å². The predicted octanol–water partition coefficient (Wildman–Crippen LogP) is 0.511. The van der Waals surface area contributed by atoms with Crippen LogP contribution in [-0.4, -0.2) is 23.8 Å². The third kappa shape index (κ3) is 2.07. The first-order valence-corrected chi connectivity index (χ1v) is 4.96. The number of halogens is 1. The van der Waals surface area contributed by atoms with Crippen molar-refractivity contribution in [3.05, 3.63) is 31.6 Å². The van der Waals surface area contributed by atoms with E-state index in [0.29, 0.717) is 5.56 Å². The Bertz CT molecular complexity index is 473. The lowest BCUT2D eigenvalue weighted by atomic mass is 10.1. The maximum atomic E-state index is 11.9. The van der Waals surface area contributed by atoms with E-state index in [1.165, 1.54) is 5.01 Å². The molecule has 0 atom stereocenters. The molecule has 0 unspecified atom stereocenters. The van der Waals surface area contributed by atoms with Crippen LogP contribution in [0.2, 0.25) is 5.15 Å². The molecule has 0 radical (unpaired) electrons. The Morgan fingerprint density at radius 3 is 2.27 bits per heavy atom. The normalized spacial score (nSPS) is 10.8. The Hall–Kier alpha value is -1.23. The van der Waals surface area contributed by atoms with E-state index in [-0.39, 0.29) is 16.6 Å². The standard InChI is InChI=1S/C9H14ClN3O2/c1-5(2)6-7(10)11-9(15)13(8(6)14)12(3)4/h5H,1-4H3,(H,11,15). The molecular weight excluding hydrogens is 218 g/mol. The summed E-state index contributed by atoms with van der Waals surface area (Å²) in [5.41, 5.74) is -0.479. The minimum Gasteiger partial charge on any atom is -0.312 e. The zero-order valence-electron chi connectivity index (χ0n) is 9.17. The number of rotatable bonds is 2. The molecule has 6 heteroatoms. The molecule has 0 aliphatic rings. The molecular formula is C9H14ClN3O2. The van der Waals surface area contributed by atoms with Gasteiger partial charge in [-0.05, 0) is 5.92 Å². The summed E-state index contributed by atoms with van der Waals surface area (Å²) in [6.45, 7) is 3.70. The first-order chi connectivity index (χ1) is 6.86. The summed E-state index contributed by atoms with van der Waals surface area (Å²) in [6.07, 6.45) is 0. The van der Waals surface area contributed by atoms with E-state index in [9.17, 15) is 9.59 Å². The van der Waals surface area contributed by atoms with Crippen LogP contribution in [0.15, 0.2) is 9.59 Å². The van der Waals surface area contributed by atoms with Crippen molar-refractivity contribution in [2.24, 2.45) is 0 Å². The topological polar surface area (TPSA) is 58.1 Å². The highest BCUT2D eigenvalue weighted by molar-refractivity contribution is 6.30. The van der Waals surface area contributed by atoms with E-state index in [0.717, 1.165) is 4.68 Å². The second-order valence-electron chi connectivity index (χ2n) is 3.78. The average molecular weight is 232 g/mol. The van der Waals surface area contributed by atoms with Crippen LogP contribution in [0.3, 0.4) is 0 Å². The van der Waals surface area contributed by atoms with Crippen molar-refractivity contribution in [2.45, 2.75) is 19.8 Å². The zero-order valence-corrected chi connectivity index (χ0v) is 9.92. The van der Waals surface area contributed by atoms with Crippen LogP contribution in [0.25, 0.3) is 0 Å². The molecule has 0 amide bonds. The smallest absolute Gasteiger partial charge is 0.312 e. The minimum absolute atomic E-state index is 0.0342. The number of aromatic amines is 1. The van der Waals surface area contributed by atoms with Crippen molar-refractivity contribution in [2.75, 3.05) is 19.1 Å². The number of aromatic nitrogens is 2. The van der Waals surface area contributed by atoms with Gasteiger partial charge in [0.05, 0.1) is 5.56 Å². The largest absolute Gasteiger partial charge is 0.348 e. The van der Waals surface area contributed by atoms with Gasteiger partial charge in [-0.25, -0.2) is 4.79 Å². The molecule has 5 nitrogen and oxygen atoms in total. The molecule has 0 aliphatic heterocycles. The molecule has 0 fully saturated rings. The van der Waals surface area contributed by atoms with Crippen LogP contribution in [0.5, 0.6) is 0 Å². The van der Waals surface area contributed by atoms with Crippen LogP contribution in [-0.2, 0) is 0 Å². The zero-order chi connectivity index (χ0) is 11.7. The van der Waals surface area contributed by atoms with Crippen LogP contribution >= 0.6 is 11.6 Å². The van der Waals surface area contributed by atoms with Crippen molar-refractivity contribution in [3.8, 4) is 0 Å². The number of nitrogens with zero attached hydrogens (tertiary/aromatic N) is 2. The summed E-state index contributed by atoms with van der Waals surface area (Å²) < 4.78 is 1.02. The van der Waals surface area contributed by atoms with Crippen molar-refractivity contribution in [1.29, 1.82) is 0 Å². The highest BCUT2D eigenvalue weighted by Crippen LogP contribution is 2.16. The van der Waals surface area contributed by atoms with E-state index in [2.05, 4.69) is 4.98 Å². The van der Waals surface area contributed by atoms with Crippen molar-refractivity contribution in [3.63, 3.8) is 0 Å². The molecule has 1 rings (SSSR count). The summed E-state index contributed by atoms with van der Waals surface area (Å²) in [7, 11) is 3.24. The highest BCUT2D eigenvalue weighted by atomic mass is 35.5. The maximum Gasteiger partial charge on any atom is 0.348 e. The fourth-order valence-electron chi connectivity index (χ4n) is 1.38. The molecule has 1 heterocycles. The van der Waals surface area contributed by atoms with Gasteiger partial charge in [0.2, 0.25) is 0 Å². The van der Waals surface area contributed by atoms with Crippen LogP contribution < -0.4 is 16.3 Å². The highest BCUT2D eigenvalue weighted by Gasteiger charge is 2.16. The lowest BCUT2D eigenvalue weighted by Gasteiger charge is -2.16. The molecule has 1 aromatic rings. The molecule has 84 valence electrons. The van der Waals surface area contributed by atoms with Crippen LogP contribution in [0, 0.1) is 0 Å². The fraction of sp³-hybridized carbons (Fsp3) is 0.556. The van der Waals surface area contributed by atoms with Crippen molar-refractivity contribution < 1.29 is 0 Å². The molecule has 1 N–H and O–H groups in total. The Labute approximate surface area is 92.3 Å². The number of hydrogen-bond donors (Lipinski definition) is 1. The summed E-state index contributed by atoms with van der Waals surface area (Å²) in [6, 6.07) is 0. The van der Waals surface area contributed by atoms with Gasteiger partial charge in [-0.1, -0.05) is 25.4 Å². The summed E-state index contributed by atoms with van der Waals surface area (Å²) in [5, 5.41) is 1.54. The SMILES string of the molecule is CC(C)c1c(Cl)[nH]c(=O)n(N(C)C)c1=O. The Balaban J connectivity index is 3.65. The molecule has 0 saturated carbocycles. The van der Waals surface area contributed by atoms with Gasteiger partial charge >= 0.3 is 5.69 Å². The molecule has 0 aliphatic carbocycles. The fourth-order valence-corrected chi connectivity index (χ4v) is 1.76. The van der Waals surface area contributed by atoms with E-state index in [1.54, 1.807) is 14.1 Å². The Morgan fingerprint density at radius 2 is 1.87 bits per heavy atom. The van der Waals surface area contributed by atoms with Gasteiger partial charge in [0.15, 0.2) is 0 Å². The van der Waals surface area contributed by atoms with E-state index in [1.807, 2.05) is 13.8 Å². The first kappa shape index (κ1) is 11.8. The first-order valence-electron chi connectivity index (χ1n) is 4.58.